The number of aromatic nitrogens is 2. The number of fused-ring (bicyclic) bond motifs is 3. The van der Waals surface area contributed by atoms with Crippen molar-refractivity contribution >= 4 is 22.7 Å². The minimum absolute atomic E-state index is 0.294. The number of rotatable bonds is 1. The first-order chi connectivity index (χ1) is 9.83. The molecule has 0 fully saturated rings. The van der Waals surface area contributed by atoms with E-state index in [1.807, 2.05) is 18.2 Å². The minimum atomic E-state index is 0.294. The third kappa shape index (κ3) is 1.65. The van der Waals surface area contributed by atoms with Crippen molar-refractivity contribution < 1.29 is 0 Å². The van der Waals surface area contributed by atoms with Gasteiger partial charge >= 0.3 is 0 Å². The van der Waals surface area contributed by atoms with E-state index in [1.165, 1.54) is 11.1 Å². The Bertz CT molecular complexity index is 775. The molecular formula is C16H16N4. The predicted molar refractivity (Wildman–Crippen MR) is 81.8 cm³/mol. The zero-order valence-electron chi connectivity index (χ0n) is 11.1. The van der Waals surface area contributed by atoms with Gasteiger partial charge in [0.05, 0.1) is 17.1 Å². The fraction of sp³-hybridized carbons (Fsp3) is 0.188. The van der Waals surface area contributed by atoms with Crippen LogP contribution in [-0.2, 0) is 0 Å². The summed E-state index contributed by atoms with van der Waals surface area (Å²) in [6.07, 6.45) is 1.04. The largest absolute Gasteiger partial charge is 0.399 e. The van der Waals surface area contributed by atoms with Crippen molar-refractivity contribution in [3.8, 4) is 0 Å². The maximum Gasteiger partial charge on any atom is 0.204 e. The lowest BCUT2D eigenvalue weighted by atomic mass is 10.0. The molecule has 2 aromatic carbocycles. The quantitative estimate of drug-likeness (QED) is 0.664. The molecule has 0 bridgehead atoms. The average molecular weight is 264 g/mol. The van der Waals surface area contributed by atoms with E-state index in [4.69, 9.17) is 5.73 Å². The molecule has 3 aromatic rings. The predicted octanol–water partition coefficient (Wildman–Crippen LogP) is 3.02. The van der Waals surface area contributed by atoms with Crippen LogP contribution in [0, 0.1) is 0 Å². The number of para-hydroxylation sites is 2. The molecule has 0 amide bonds. The Morgan fingerprint density at radius 3 is 2.95 bits per heavy atom. The van der Waals surface area contributed by atoms with E-state index < -0.39 is 0 Å². The monoisotopic (exact) mass is 264 g/mol. The number of imidazole rings is 1. The van der Waals surface area contributed by atoms with Crippen LogP contribution >= 0.6 is 0 Å². The summed E-state index contributed by atoms with van der Waals surface area (Å²) in [5.74, 6) is 0.949. The molecule has 0 spiro atoms. The number of nitrogen functional groups attached to an aromatic ring is 1. The van der Waals surface area contributed by atoms with Crippen molar-refractivity contribution in [2.24, 2.45) is 0 Å². The highest BCUT2D eigenvalue weighted by atomic mass is 15.2. The fourth-order valence-corrected chi connectivity index (χ4v) is 3.02. The molecule has 2 heterocycles. The molecule has 1 aromatic heterocycles. The number of nitrogens with one attached hydrogen (secondary N) is 1. The molecule has 1 aliphatic heterocycles. The maximum atomic E-state index is 5.93. The van der Waals surface area contributed by atoms with E-state index in [0.29, 0.717) is 6.04 Å². The van der Waals surface area contributed by atoms with Gasteiger partial charge in [-0.05, 0) is 36.2 Å². The van der Waals surface area contributed by atoms with Crippen LogP contribution in [0.2, 0.25) is 0 Å². The number of benzene rings is 2. The van der Waals surface area contributed by atoms with E-state index in [9.17, 15) is 0 Å². The van der Waals surface area contributed by atoms with Crippen molar-refractivity contribution in [3.05, 3.63) is 54.1 Å². The lowest BCUT2D eigenvalue weighted by molar-refractivity contribution is 0.543. The van der Waals surface area contributed by atoms with Gasteiger partial charge in [-0.1, -0.05) is 24.3 Å². The molecule has 4 nitrogen and oxygen atoms in total. The van der Waals surface area contributed by atoms with Crippen molar-refractivity contribution in [1.29, 1.82) is 0 Å². The third-order valence-electron chi connectivity index (χ3n) is 3.90. The van der Waals surface area contributed by atoms with Gasteiger partial charge in [0, 0.05) is 12.2 Å². The molecule has 0 saturated carbocycles. The summed E-state index contributed by atoms with van der Waals surface area (Å²) in [6, 6.07) is 16.7. The molecule has 1 atom stereocenters. The number of anilines is 2. The standard InChI is InChI=1S/C16H16N4/c17-12-5-3-4-11(10-12)14-8-9-18-16-19-13-6-1-2-7-15(13)20(14)16/h1-7,10,14H,8-9,17H2,(H,18,19). The summed E-state index contributed by atoms with van der Waals surface area (Å²) < 4.78 is 2.29. The number of hydrogen-bond acceptors (Lipinski definition) is 3. The minimum Gasteiger partial charge on any atom is -0.399 e. The summed E-state index contributed by atoms with van der Waals surface area (Å²) in [5, 5.41) is 3.39. The molecule has 3 N–H and O–H groups in total. The van der Waals surface area contributed by atoms with Gasteiger partial charge in [-0.15, -0.1) is 0 Å². The first-order valence-corrected chi connectivity index (χ1v) is 6.89. The second kappa shape index (κ2) is 4.27. The van der Waals surface area contributed by atoms with Gasteiger partial charge in [-0.25, -0.2) is 4.98 Å². The molecule has 4 rings (SSSR count). The molecule has 20 heavy (non-hydrogen) atoms. The topological polar surface area (TPSA) is 55.9 Å². The van der Waals surface area contributed by atoms with Crippen molar-refractivity contribution in [2.75, 3.05) is 17.6 Å². The van der Waals surface area contributed by atoms with Crippen LogP contribution in [0.5, 0.6) is 0 Å². The summed E-state index contributed by atoms with van der Waals surface area (Å²) in [5.41, 5.74) is 10.2. The second-order valence-corrected chi connectivity index (χ2v) is 5.20. The Hall–Kier alpha value is -2.49. The van der Waals surface area contributed by atoms with Crippen LogP contribution in [0.3, 0.4) is 0 Å². The van der Waals surface area contributed by atoms with Crippen molar-refractivity contribution in [3.63, 3.8) is 0 Å². The van der Waals surface area contributed by atoms with E-state index in [2.05, 4.69) is 45.2 Å². The molecule has 0 saturated heterocycles. The second-order valence-electron chi connectivity index (χ2n) is 5.20. The SMILES string of the molecule is Nc1cccc(C2CCNc3nc4ccccc4n32)c1. The molecule has 0 aliphatic carbocycles. The molecular weight excluding hydrogens is 248 g/mol. The average Bonchev–Trinajstić information content (AvgIpc) is 2.85. The highest BCUT2D eigenvalue weighted by Gasteiger charge is 2.24. The highest BCUT2D eigenvalue weighted by molar-refractivity contribution is 5.79. The van der Waals surface area contributed by atoms with E-state index in [0.717, 1.165) is 30.1 Å². The molecule has 0 radical (unpaired) electrons. The van der Waals surface area contributed by atoms with Gasteiger partial charge < -0.3 is 15.6 Å². The Labute approximate surface area is 117 Å². The summed E-state index contributed by atoms with van der Waals surface area (Å²) >= 11 is 0. The van der Waals surface area contributed by atoms with Crippen LogP contribution in [0.15, 0.2) is 48.5 Å². The third-order valence-corrected chi connectivity index (χ3v) is 3.90. The molecule has 1 unspecified atom stereocenters. The molecule has 4 heteroatoms. The van der Waals surface area contributed by atoms with Crippen LogP contribution in [0.4, 0.5) is 11.6 Å². The maximum absolute atomic E-state index is 5.93. The highest BCUT2D eigenvalue weighted by Crippen LogP contribution is 2.34. The molecule has 100 valence electrons. The van der Waals surface area contributed by atoms with Crippen molar-refractivity contribution in [1.82, 2.24) is 9.55 Å². The number of nitrogens with zero attached hydrogens (tertiary/aromatic N) is 2. The van der Waals surface area contributed by atoms with Gasteiger partial charge in [-0.3, -0.25) is 0 Å². The normalized spacial score (nSPS) is 17.7. The van der Waals surface area contributed by atoms with Gasteiger partial charge in [0.25, 0.3) is 0 Å². The van der Waals surface area contributed by atoms with Gasteiger partial charge in [-0.2, -0.15) is 0 Å². The Kier molecular flexibility index (Phi) is 2.42. The first kappa shape index (κ1) is 11.3. The lowest BCUT2D eigenvalue weighted by Gasteiger charge is -2.27. The van der Waals surface area contributed by atoms with Gasteiger partial charge in [0.2, 0.25) is 5.95 Å². The Balaban J connectivity index is 1.93. The van der Waals surface area contributed by atoms with Gasteiger partial charge in [0.1, 0.15) is 0 Å². The van der Waals surface area contributed by atoms with Crippen LogP contribution in [-0.4, -0.2) is 16.1 Å². The zero-order valence-corrected chi connectivity index (χ0v) is 11.1. The van der Waals surface area contributed by atoms with Gasteiger partial charge in [0.15, 0.2) is 0 Å². The van der Waals surface area contributed by atoms with Crippen LogP contribution < -0.4 is 11.1 Å². The van der Waals surface area contributed by atoms with E-state index >= 15 is 0 Å². The van der Waals surface area contributed by atoms with Crippen LogP contribution in [0.25, 0.3) is 11.0 Å². The smallest absolute Gasteiger partial charge is 0.204 e. The van der Waals surface area contributed by atoms with Crippen molar-refractivity contribution in [2.45, 2.75) is 12.5 Å². The van der Waals surface area contributed by atoms with E-state index in [1.54, 1.807) is 0 Å². The fourth-order valence-electron chi connectivity index (χ4n) is 3.02. The van der Waals surface area contributed by atoms with E-state index in [-0.39, 0.29) is 0 Å². The Morgan fingerprint density at radius 2 is 2.05 bits per heavy atom. The summed E-state index contributed by atoms with van der Waals surface area (Å²) in [4.78, 5) is 4.67. The number of nitrogens with two attached hydrogens (primary N) is 1. The van der Waals surface area contributed by atoms with Crippen LogP contribution in [0.1, 0.15) is 18.0 Å². The summed E-state index contributed by atoms with van der Waals surface area (Å²) in [6.45, 7) is 0.933. The number of hydrogen-bond donors (Lipinski definition) is 2. The zero-order chi connectivity index (χ0) is 13.5. The first-order valence-electron chi connectivity index (χ1n) is 6.89. The Morgan fingerprint density at radius 1 is 1.15 bits per heavy atom. The lowest BCUT2D eigenvalue weighted by Crippen LogP contribution is -2.23. The molecule has 1 aliphatic rings. The summed E-state index contributed by atoms with van der Waals surface area (Å²) in [7, 11) is 0.